The predicted octanol–water partition coefficient (Wildman–Crippen LogP) is 3.25. The summed E-state index contributed by atoms with van der Waals surface area (Å²) in [4.78, 5) is 6.91. The molecule has 0 saturated carbocycles. The van der Waals surface area contributed by atoms with E-state index in [0.717, 1.165) is 19.6 Å². The molecule has 0 amide bonds. The van der Waals surface area contributed by atoms with Gasteiger partial charge >= 0.3 is 229 Å². The topological polar surface area (TPSA) is 9.72 Å². The minimum absolute atomic E-state index is 0.924. The van der Waals surface area contributed by atoms with E-state index in [0.29, 0.717) is 0 Å². The molecule has 4 heteroatoms. The summed E-state index contributed by atoms with van der Waals surface area (Å²) in [7, 11) is 13.1. The Bertz CT molecular complexity index is 1170. The van der Waals surface area contributed by atoms with E-state index in [-0.39, 0.29) is 0 Å². The van der Waals surface area contributed by atoms with Crippen LogP contribution >= 0.6 is 0 Å². The van der Waals surface area contributed by atoms with Crippen molar-refractivity contribution in [3.63, 3.8) is 0 Å². The first-order valence-electron chi connectivity index (χ1n) is 13.1. The standard InChI is InChI=1S/3C9H12N.C6H5.Sn/c3*1-10(2)8-9-6-4-3-5-7-9;1-2-4-6-5-3-1;/h3*3-6H,8H2,1-2H3;1-5H;. The number of hydrogen-bond acceptors (Lipinski definition) is 3. The molecule has 0 saturated heterocycles. The monoisotopic (exact) mass is 599 g/mol. The fourth-order valence-electron chi connectivity index (χ4n) is 5.68. The minimum atomic E-state index is -3.86. The molecule has 37 heavy (non-hydrogen) atoms. The molecule has 0 aliphatic rings. The molecule has 3 nitrogen and oxygen atoms in total. The van der Waals surface area contributed by atoms with Crippen molar-refractivity contribution in [2.45, 2.75) is 19.6 Å². The van der Waals surface area contributed by atoms with Gasteiger partial charge in [0.25, 0.3) is 0 Å². The van der Waals surface area contributed by atoms with Gasteiger partial charge < -0.3 is 0 Å². The van der Waals surface area contributed by atoms with Gasteiger partial charge in [0.1, 0.15) is 0 Å². The van der Waals surface area contributed by atoms with Crippen molar-refractivity contribution in [1.29, 1.82) is 0 Å². The molecule has 0 unspecified atom stereocenters. The van der Waals surface area contributed by atoms with Gasteiger partial charge in [-0.05, 0) is 0 Å². The second-order valence-corrected chi connectivity index (χ2v) is 21.3. The zero-order chi connectivity index (χ0) is 26.4. The third-order valence-corrected chi connectivity index (χ3v) is 21.4. The summed E-state index contributed by atoms with van der Waals surface area (Å²) in [6.45, 7) is 2.77. The molecular weight excluding hydrogens is 557 g/mol. The van der Waals surface area contributed by atoms with Crippen LogP contribution < -0.4 is 14.3 Å². The molecular formula is C33H41N3Sn. The molecule has 4 aromatic rings. The zero-order valence-corrected chi connectivity index (χ0v) is 26.1. The first-order valence-corrected chi connectivity index (χ1v) is 18.8. The summed E-state index contributed by atoms with van der Waals surface area (Å²) in [6.07, 6.45) is 0. The first-order chi connectivity index (χ1) is 17.8. The van der Waals surface area contributed by atoms with E-state index < -0.39 is 18.4 Å². The van der Waals surface area contributed by atoms with E-state index in [9.17, 15) is 0 Å². The van der Waals surface area contributed by atoms with Gasteiger partial charge in [-0.1, -0.05) is 0 Å². The van der Waals surface area contributed by atoms with Crippen LogP contribution in [0.1, 0.15) is 16.7 Å². The van der Waals surface area contributed by atoms with Crippen LogP contribution in [-0.4, -0.2) is 75.4 Å². The van der Waals surface area contributed by atoms with Gasteiger partial charge in [-0.3, -0.25) is 0 Å². The van der Waals surface area contributed by atoms with Crippen molar-refractivity contribution in [1.82, 2.24) is 14.7 Å². The van der Waals surface area contributed by atoms with Gasteiger partial charge in [-0.25, -0.2) is 0 Å². The van der Waals surface area contributed by atoms with Crippen LogP contribution in [-0.2, 0) is 19.6 Å². The molecule has 0 aliphatic heterocycles. The van der Waals surface area contributed by atoms with E-state index >= 15 is 0 Å². The summed E-state index contributed by atoms with van der Waals surface area (Å²) in [6, 6.07) is 39.2. The predicted molar refractivity (Wildman–Crippen MR) is 162 cm³/mol. The third-order valence-electron chi connectivity index (χ3n) is 6.93. The van der Waals surface area contributed by atoms with E-state index in [2.05, 4.69) is 160 Å². The second-order valence-electron chi connectivity index (χ2n) is 10.8. The van der Waals surface area contributed by atoms with Crippen LogP contribution in [0.4, 0.5) is 0 Å². The summed E-state index contributed by atoms with van der Waals surface area (Å²) >= 11 is -3.86. The van der Waals surface area contributed by atoms with Gasteiger partial charge in [0.15, 0.2) is 0 Å². The summed E-state index contributed by atoms with van der Waals surface area (Å²) in [5, 5.41) is 0. The van der Waals surface area contributed by atoms with Crippen molar-refractivity contribution >= 4 is 32.7 Å². The molecule has 4 aromatic carbocycles. The third kappa shape index (κ3) is 6.01. The molecule has 0 fully saturated rings. The van der Waals surface area contributed by atoms with Crippen molar-refractivity contribution in [2.24, 2.45) is 0 Å². The van der Waals surface area contributed by atoms with Crippen LogP contribution in [0.15, 0.2) is 103 Å². The van der Waals surface area contributed by atoms with E-state index in [4.69, 9.17) is 0 Å². The Hall–Kier alpha value is -2.44. The maximum absolute atomic E-state index is 3.86. The van der Waals surface area contributed by atoms with Crippen LogP contribution in [0.25, 0.3) is 0 Å². The van der Waals surface area contributed by atoms with E-state index in [1.54, 1.807) is 10.7 Å². The van der Waals surface area contributed by atoms with Crippen molar-refractivity contribution < 1.29 is 0 Å². The quantitative estimate of drug-likeness (QED) is 0.260. The molecule has 4 rings (SSSR count). The van der Waals surface area contributed by atoms with E-state index in [1.165, 1.54) is 20.3 Å². The molecule has 0 N–H and O–H groups in total. The Kier molecular flexibility index (Phi) is 9.25. The van der Waals surface area contributed by atoms with Crippen molar-refractivity contribution in [3.05, 3.63) is 120 Å². The Morgan fingerprint density at radius 2 is 0.703 bits per heavy atom. The molecule has 0 aliphatic carbocycles. The van der Waals surface area contributed by atoms with Crippen molar-refractivity contribution in [2.75, 3.05) is 42.3 Å². The molecule has 0 heterocycles. The fraction of sp³-hybridized carbons (Fsp3) is 0.273. The number of rotatable bonds is 10. The average Bonchev–Trinajstić information content (AvgIpc) is 2.87. The Labute approximate surface area is 228 Å². The van der Waals surface area contributed by atoms with E-state index in [1.807, 2.05) is 0 Å². The van der Waals surface area contributed by atoms with Crippen LogP contribution in [0.5, 0.6) is 0 Å². The average molecular weight is 598 g/mol. The van der Waals surface area contributed by atoms with Gasteiger partial charge in [-0.2, -0.15) is 0 Å². The van der Waals surface area contributed by atoms with Crippen molar-refractivity contribution in [3.8, 4) is 0 Å². The second kappa shape index (κ2) is 12.4. The molecule has 0 aromatic heterocycles. The summed E-state index contributed by atoms with van der Waals surface area (Å²) < 4.78 is 6.15. The number of hydrogen-bond donors (Lipinski definition) is 0. The summed E-state index contributed by atoms with van der Waals surface area (Å²) in [5.74, 6) is 0. The maximum atomic E-state index is 2.45. The number of nitrogens with zero attached hydrogens (tertiary/aromatic N) is 3. The van der Waals surface area contributed by atoms with Gasteiger partial charge in [0.2, 0.25) is 0 Å². The molecule has 0 spiro atoms. The van der Waals surface area contributed by atoms with Crippen LogP contribution in [0.3, 0.4) is 0 Å². The van der Waals surface area contributed by atoms with Gasteiger partial charge in [0.05, 0.1) is 0 Å². The Morgan fingerprint density at radius 3 is 1.03 bits per heavy atom. The Balaban J connectivity index is 2.22. The molecule has 0 atom stereocenters. The first kappa shape index (κ1) is 27.6. The normalized spacial score (nSPS) is 12.0. The Morgan fingerprint density at radius 1 is 0.405 bits per heavy atom. The molecule has 0 bridgehead atoms. The zero-order valence-electron chi connectivity index (χ0n) is 23.3. The van der Waals surface area contributed by atoms with Gasteiger partial charge in [-0.15, -0.1) is 0 Å². The summed E-state index contributed by atoms with van der Waals surface area (Å²) in [5.41, 5.74) is 4.31. The van der Waals surface area contributed by atoms with Crippen LogP contribution in [0.2, 0.25) is 0 Å². The molecule has 0 radical (unpaired) electrons. The van der Waals surface area contributed by atoms with Gasteiger partial charge in [0, 0.05) is 0 Å². The SMILES string of the molecule is CN(C)Cc1cccc[c]1[Sn]([c]1ccccc1)([c]1ccccc1CN(C)C)[c]1ccccc1CN(C)C. The number of benzene rings is 4. The van der Waals surface area contributed by atoms with Crippen LogP contribution in [0, 0.1) is 0 Å². The fourth-order valence-corrected chi connectivity index (χ4v) is 21.3. The molecule has 192 valence electrons.